The summed E-state index contributed by atoms with van der Waals surface area (Å²) in [5.74, 6) is -0.913. The van der Waals surface area contributed by atoms with Gasteiger partial charge in [-0.1, -0.05) is 53.0 Å². The molecule has 0 fully saturated rings. The topological polar surface area (TPSA) is 86.8 Å². The van der Waals surface area contributed by atoms with Gasteiger partial charge in [-0.05, 0) is 37.6 Å². The Balaban J connectivity index is 2.40. The van der Waals surface area contributed by atoms with Gasteiger partial charge in [-0.3, -0.25) is 13.9 Å². The minimum atomic E-state index is -3.85. The van der Waals surface area contributed by atoms with E-state index in [0.29, 0.717) is 5.02 Å². The lowest BCUT2D eigenvalue weighted by Crippen LogP contribution is -2.50. The highest BCUT2D eigenvalue weighted by Crippen LogP contribution is 2.30. The van der Waals surface area contributed by atoms with Crippen LogP contribution in [0.25, 0.3) is 0 Å². The molecule has 0 unspecified atom stereocenters. The third kappa shape index (κ3) is 6.59. The van der Waals surface area contributed by atoms with Crippen LogP contribution in [0.3, 0.4) is 0 Å². The van der Waals surface area contributed by atoms with Gasteiger partial charge >= 0.3 is 0 Å². The molecule has 2 aromatic rings. The molecule has 10 heteroatoms. The average molecular weight is 486 g/mol. The number of rotatable bonds is 8. The van der Waals surface area contributed by atoms with Gasteiger partial charge in [0.2, 0.25) is 21.8 Å². The first kappa shape index (κ1) is 25.0. The number of carbonyl (C=O) groups excluding carboxylic acids is 2. The molecule has 0 bridgehead atoms. The molecule has 0 radical (unpaired) electrons. The van der Waals surface area contributed by atoms with Gasteiger partial charge < -0.3 is 10.2 Å². The fourth-order valence-electron chi connectivity index (χ4n) is 2.96. The van der Waals surface area contributed by atoms with E-state index in [9.17, 15) is 18.0 Å². The monoisotopic (exact) mass is 485 g/mol. The van der Waals surface area contributed by atoms with Crippen LogP contribution in [-0.2, 0) is 26.2 Å². The number of nitrogens with one attached hydrogen (secondary N) is 1. The lowest BCUT2D eigenvalue weighted by Gasteiger charge is -2.31. The van der Waals surface area contributed by atoms with Crippen LogP contribution >= 0.6 is 23.2 Å². The van der Waals surface area contributed by atoms with Crippen molar-refractivity contribution in [1.82, 2.24) is 10.2 Å². The maximum absolute atomic E-state index is 13.3. The van der Waals surface area contributed by atoms with Crippen LogP contribution in [0.2, 0.25) is 10.0 Å². The molecule has 1 N–H and O–H groups in total. The van der Waals surface area contributed by atoms with Crippen molar-refractivity contribution in [2.24, 2.45) is 0 Å². The second-order valence-corrected chi connectivity index (χ2v) is 9.91. The van der Waals surface area contributed by atoms with Gasteiger partial charge in [0, 0.05) is 18.6 Å². The summed E-state index contributed by atoms with van der Waals surface area (Å²) in [5.41, 5.74) is 2.00. The number of amides is 2. The molecule has 0 spiro atoms. The Morgan fingerprint density at radius 2 is 1.71 bits per heavy atom. The number of hydrogen-bond acceptors (Lipinski definition) is 4. The van der Waals surface area contributed by atoms with Gasteiger partial charge in [-0.2, -0.15) is 0 Å². The van der Waals surface area contributed by atoms with Crippen molar-refractivity contribution < 1.29 is 18.0 Å². The van der Waals surface area contributed by atoms with E-state index in [4.69, 9.17) is 23.2 Å². The molecule has 0 aliphatic rings. The summed E-state index contributed by atoms with van der Waals surface area (Å²) in [4.78, 5) is 26.9. The minimum absolute atomic E-state index is 0.0927. The van der Waals surface area contributed by atoms with Gasteiger partial charge in [0.05, 0.1) is 17.0 Å². The lowest BCUT2D eigenvalue weighted by molar-refractivity contribution is -0.139. The maximum Gasteiger partial charge on any atom is 0.244 e. The summed E-state index contributed by atoms with van der Waals surface area (Å²) in [5, 5.41) is 2.95. The molecule has 0 aromatic heterocycles. The normalized spacial score (nSPS) is 12.2. The van der Waals surface area contributed by atoms with Gasteiger partial charge in [-0.25, -0.2) is 8.42 Å². The molecular formula is C21H25Cl2N3O4S. The number of sulfonamides is 1. The molecule has 0 heterocycles. The van der Waals surface area contributed by atoms with Crippen LogP contribution in [0.4, 0.5) is 5.69 Å². The number of benzene rings is 2. The molecule has 1 atom stereocenters. The Morgan fingerprint density at radius 3 is 2.23 bits per heavy atom. The summed E-state index contributed by atoms with van der Waals surface area (Å²) < 4.78 is 25.8. The molecule has 2 rings (SSSR count). The predicted molar refractivity (Wildman–Crippen MR) is 124 cm³/mol. The fraction of sp³-hybridized carbons (Fsp3) is 0.333. The van der Waals surface area contributed by atoms with Gasteiger partial charge in [0.25, 0.3) is 0 Å². The summed E-state index contributed by atoms with van der Waals surface area (Å²) in [7, 11) is -2.38. The van der Waals surface area contributed by atoms with Crippen LogP contribution < -0.4 is 9.62 Å². The van der Waals surface area contributed by atoms with E-state index in [1.165, 1.54) is 30.1 Å². The molecular weight excluding hydrogens is 461 g/mol. The van der Waals surface area contributed by atoms with Crippen molar-refractivity contribution in [3.8, 4) is 0 Å². The summed E-state index contributed by atoms with van der Waals surface area (Å²) in [6.45, 7) is 3.15. The van der Waals surface area contributed by atoms with Gasteiger partial charge in [0.1, 0.15) is 12.6 Å². The second-order valence-electron chi connectivity index (χ2n) is 7.16. The highest BCUT2D eigenvalue weighted by atomic mass is 35.5. The first-order valence-electron chi connectivity index (χ1n) is 9.43. The molecule has 7 nitrogen and oxygen atoms in total. The van der Waals surface area contributed by atoms with Crippen LogP contribution in [0.15, 0.2) is 42.5 Å². The third-order valence-electron chi connectivity index (χ3n) is 4.74. The summed E-state index contributed by atoms with van der Waals surface area (Å²) >= 11 is 12.1. The van der Waals surface area contributed by atoms with Crippen molar-refractivity contribution in [2.45, 2.75) is 26.4 Å². The molecule has 0 aliphatic carbocycles. The molecule has 0 saturated heterocycles. The number of halogens is 2. The van der Waals surface area contributed by atoms with Crippen LogP contribution in [-0.4, -0.2) is 51.0 Å². The quantitative estimate of drug-likeness (QED) is 0.621. The first-order valence-corrected chi connectivity index (χ1v) is 12.0. The first-order chi connectivity index (χ1) is 14.4. The van der Waals surface area contributed by atoms with E-state index in [-0.39, 0.29) is 23.2 Å². The summed E-state index contributed by atoms with van der Waals surface area (Å²) in [6, 6.07) is 11.0. The predicted octanol–water partition coefficient (Wildman–Crippen LogP) is 3.23. The Bertz CT molecular complexity index is 1060. The number of nitrogens with zero attached hydrogens (tertiary/aromatic N) is 2. The van der Waals surface area contributed by atoms with Crippen molar-refractivity contribution >= 4 is 50.7 Å². The molecule has 31 heavy (non-hydrogen) atoms. The van der Waals surface area contributed by atoms with Crippen molar-refractivity contribution in [2.75, 3.05) is 24.2 Å². The zero-order valence-corrected chi connectivity index (χ0v) is 20.1. The Labute approximate surface area is 193 Å². The Kier molecular flexibility index (Phi) is 8.34. The van der Waals surface area contributed by atoms with E-state index in [0.717, 1.165) is 21.7 Å². The van der Waals surface area contributed by atoms with Crippen molar-refractivity contribution in [3.63, 3.8) is 0 Å². The largest absolute Gasteiger partial charge is 0.357 e. The van der Waals surface area contributed by atoms with E-state index < -0.39 is 28.5 Å². The maximum atomic E-state index is 13.3. The highest BCUT2D eigenvalue weighted by molar-refractivity contribution is 7.92. The fourth-order valence-corrected chi connectivity index (χ4v) is 4.38. The number of likely N-dealkylation sites (N-methyl/N-ethyl adjacent to an activating group) is 1. The standard InChI is InChI=1S/C21H25Cl2N3O4S/c1-14-5-7-16(8-6-14)12-25(15(2)21(28)24-3)20(27)13-26(31(4,29)30)19-10-9-17(22)11-18(19)23/h5-11,15H,12-13H2,1-4H3,(H,24,28)/t15-/m0/s1. The number of aryl methyl sites for hydroxylation is 1. The van der Waals surface area contributed by atoms with Gasteiger partial charge in [-0.15, -0.1) is 0 Å². The zero-order valence-electron chi connectivity index (χ0n) is 17.7. The molecule has 0 saturated carbocycles. The lowest BCUT2D eigenvalue weighted by atomic mass is 10.1. The molecule has 2 amide bonds. The van der Waals surface area contributed by atoms with E-state index in [1.807, 2.05) is 31.2 Å². The number of hydrogen-bond donors (Lipinski definition) is 1. The van der Waals surface area contributed by atoms with E-state index in [2.05, 4.69) is 5.32 Å². The molecule has 0 aliphatic heterocycles. The highest BCUT2D eigenvalue weighted by Gasteiger charge is 2.30. The van der Waals surface area contributed by atoms with Crippen LogP contribution in [0, 0.1) is 6.92 Å². The number of anilines is 1. The van der Waals surface area contributed by atoms with Crippen LogP contribution in [0.1, 0.15) is 18.1 Å². The third-order valence-corrected chi connectivity index (χ3v) is 6.41. The summed E-state index contributed by atoms with van der Waals surface area (Å²) in [6.07, 6.45) is 0.984. The van der Waals surface area contributed by atoms with Crippen molar-refractivity contribution in [1.29, 1.82) is 0 Å². The smallest absolute Gasteiger partial charge is 0.244 e. The number of carbonyl (C=O) groups is 2. The SMILES string of the molecule is CNC(=O)[C@H](C)N(Cc1ccc(C)cc1)C(=O)CN(c1ccc(Cl)cc1Cl)S(C)(=O)=O. The van der Waals surface area contributed by atoms with E-state index >= 15 is 0 Å². The van der Waals surface area contributed by atoms with Crippen LogP contribution in [0.5, 0.6) is 0 Å². The zero-order chi connectivity index (χ0) is 23.3. The van der Waals surface area contributed by atoms with Gasteiger partial charge in [0.15, 0.2) is 0 Å². The molecule has 2 aromatic carbocycles. The van der Waals surface area contributed by atoms with E-state index in [1.54, 1.807) is 6.92 Å². The molecule has 168 valence electrons. The Morgan fingerprint density at radius 1 is 1.10 bits per heavy atom. The second kappa shape index (κ2) is 10.3. The Hall–Kier alpha value is -2.29. The average Bonchev–Trinajstić information content (AvgIpc) is 2.70. The minimum Gasteiger partial charge on any atom is -0.357 e. The van der Waals surface area contributed by atoms with Crippen molar-refractivity contribution in [3.05, 3.63) is 63.6 Å².